The molecule has 6 rings (SSSR count). The van der Waals surface area contributed by atoms with Gasteiger partial charge >= 0.3 is 18.0 Å². The first-order valence-corrected chi connectivity index (χ1v) is 14.4. The summed E-state index contributed by atoms with van der Waals surface area (Å²) in [4.78, 5) is 52.4. The highest BCUT2D eigenvalue weighted by atomic mass is 35.5. The average molecular weight is 628 g/mol. The number of ether oxygens (including phenoxy) is 1. The number of fused-ring (bicyclic) bond motifs is 1. The van der Waals surface area contributed by atoms with Crippen molar-refractivity contribution in [3.8, 4) is 0 Å². The smallest absolute Gasteiger partial charge is 0.338 e. The minimum Gasteiger partial charge on any atom is -0.478 e. The lowest BCUT2D eigenvalue weighted by Crippen LogP contribution is -2.53. The molecule has 2 aromatic carbocycles. The number of carboxylic acids is 1. The maximum absolute atomic E-state index is 14.0. The number of halogens is 2. The van der Waals surface area contributed by atoms with Crippen LogP contribution in [0.15, 0.2) is 70.3 Å². The van der Waals surface area contributed by atoms with Gasteiger partial charge in [0.1, 0.15) is 11.9 Å². The Labute approximate surface area is 259 Å². The fourth-order valence-corrected chi connectivity index (χ4v) is 6.41. The third kappa shape index (κ3) is 5.58. The minimum absolute atomic E-state index is 0.0118. The van der Waals surface area contributed by atoms with E-state index in [9.17, 15) is 23.9 Å². The number of amidine groups is 1. The first-order valence-electron chi connectivity index (χ1n) is 14.7. The van der Waals surface area contributed by atoms with Gasteiger partial charge in [0, 0.05) is 66.3 Å². The molecule has 4 heterocycles. The third-order valence-electron chi connectivity index (χ3n) is 7.58. The van der Waals surface area contributed by atoms with Gasteiger partial charge in [-0.25, -0.2) is 23.8 Å². The van der Waals surface area contributed by atoms with Crippen molar-refractivity contribution >= 4 is 52.4 Å². The number of nitrogens with zero attached hydrogens (tertiary/aromatic N) is 5. The number of carbonyl (C=O) groups excluding carboxylic acids is 2. The summed E-state index contributed by atoms with van der Waals surface area (Å²) >= 11 is 7.72. The van der Waals surface area contributed by atoms with Crippen molar-refractivity contribution < 1.29 is 32.7 Å². The number of hydrogen-bond donors (Lipinski definition) is 2. The Hall–Kier alpha value is -4.33. The summed E-state index contributed by atoms with van der Waals surface area (Å²) in [6, 6.07) is 8.16. The summed E-state index contributed by atoms with van der Waals surface area (Å²) in [5.74, 6) is -2.49. The molecular weight excluding hydrogens is 599 g/mol. The van der Waals surface area contributed by atoms with Crippen LogP contribution in [0.1, 0.15) is 31.1 Å². The van der Waals surface area contributed by atoms with Crippen molar-refractivity contribution in [2.45, 2.75) is 12.1 Å². The average Bonchev–Trinajstić information content (AvgIpc) is 3.64. The first kappa shape index (κ1) is 25.2. The van der Waals surface area contributed by atoms with E-state index in [2.05, 4.69) is 15.3 Å². The zero-order valence-corrected chi connectivity index (χ0v) is 23.9. The maximum Gasteiger partial charge on any atom is 0.338 e. The summed E-state index contributed by atoms with van der Waals surface area (Å²) in [6.45, 7) is 1.68. The number of carbonyl (C=O) groups is 3. The molecule has 0 unspecified atom stereocenters. The second-order valence-corrected chi connectivity index (χ2v) is 11.4. The van der Waals surface area contributed by atoms with Crippen LogP contribution in [0.3, 0.4) is 0 Å². The van der Waals surface area contributed by atoms with Crippen LogP contribution < -0.4 is 10.2 Å². The molecule has 0 aliphatic carbocycles. The van der Waals surface area contributed by atoms with Crippen molar-refractivity contribution in [3.05, 3.63) is 92.3 Å². The fourth-order valence-electron chi connectivity index (χ4n) is 5.55. The van der Waals surface area contributed by atoms with Gasteiger partial charge in [-0.05, 0) is 36.4 Å². The van der Waals surface area contributed by atoms with E-state index in [1.54, 1.807) is 33.5 Å². The number of anilines is 1. The van der Waals surface area contributed by atoms with Crippen LogP contribution in [0, 0.1) is 5.82 Å². The lowest BCUT2D eigenvalue weighted by Gasteiger charge is -2.38. The molecule has 0 saturated carbocycles. The van der Waals surface area contributed by atoms with Gasteiger partial charge in [-0.2, -0.15) is 0 Å². The van der Waals surface area contributed by atoms with Crippen molar-refractivity contribution in [2.24, 2.45) is 4.99 Å². The van der Waals surface area contributed by atoms with Crippen LogP contribution in [-0.4, -0.2) is 89.5 Å². The highest BCUT2D eigenvalue weighted by Crippen LogP contribution is 2.37. The number of urea groups is 1. The maximum atomic E-state index is 14.0. The third-order valence-corrected chi connectivity index (χ3v) is 8.68. The van der Waals surface area contributed by atoms with Gasteiger partial charge < -0.3 is 20.1 Å². The standard InChI is InChI=1S/C29H26ClFN6O5S/c1-42-28(40)23-22(33-25(26-32-8-11-43-26)34-24(23)20-7-4-17(31)12-21(20)30)15-35-9-10-36-19(13-35)14-37(29(36)41)18-5-2-16(3-6-18)27(38)39/h2-8,11-12,19,24H,9-10,13-15H2,1H3,(H,33,34)(H,38,39)/t19-,24-/m0/s1/i1D3. The normalized spacial score (nSPS) is 21.9. The SMILES string of the molecule is [2H]C([2H])([2H])OC(=O)C1=C(CN2CCN3C(=O)N(c4ccc(C(=O)O)cc4)C[C@@H]3C2)NC(c2nccs2)=N[C@H]1c1ccc(F)cc1Cl. The fraction of sp³-hybridized carbons (Fsp3) is 0.276. The van der Waals surface area contributed by atoms with Crippen molar-refractivity contribution in [1.82, 2.24) is 20.1 Å². The van der Waals surface area contributed by atoms with Crippen LogP contribution in [0.2, 0.25) is 5.02 Å². The number of aliphatic imine (C=N–C) groups is 1. The molecule has 2 fully saturated rings. The lowest BCUT2D eigenvalue weighted by atomic mass is 9.95. The summed E-state index contributed by atoms with van der Waals surface area (Å²) in [7, 11) is -3.05. The molecule has 3 aromatic rings. The zero-order chi connectivity index (χ0) is 32.7. The van der Waals surface area contributed by atoms with Crippen LogP contribution >= 0.6 is 22.9 Å². The summed E-state index contributed by atoms with van der Waals surface area (Å²) < 4.78 is 41.6. The molecule has 14 heteroatoms. The van der Waals surface area contributed by atoms with E-state index in [-0.39, 0.29) is 40.3 Å². The highest BCUT2D eigenvalue weighted by Gasteiger charge is 2.42. The van der Waals surface area contributed by atoms with Crippen LogP contribution in [0.4, 0.5) is 14.9 Å². The number of benzene rings is 2. The van der Waals surface area contributed by atoms with Crippen molar-refractivity contribution in [3.63, 3.8) is 0 Å². The van der Waals surface area contributed by atoms with Crippen LogP contribution in [0.5, 0.6) is 0 Å². The summed E-state index contributed by atoms with van der Waals surface area (Å²) in [5, 5.41) is 14.6. The molecule has 3 aliphatic rings. The molecular formula is C29H26ClFN6O5S. The van der Waals surface area contributed by atoms with Crippen LogP contribution in [-0.2, 0) is 9.53 Å². The number of carboxylic acid groups (broad SMARTS) is 1. The van der Waals surface area contributed by atoms with Gasteiger partial charge in [-0.1, -0.05) is 17.7 Å². The Morgan fingerprint density at radius 3 is 2.74 bits per heavy atom. The number of methoxy groups -OCH3 is 1. The molecule has 0 spiro atoms. The van der Waals surface area contributed by atoms with Gasteiger partial charge in [0.25, 0.3) is 0 Å². The van der Waals surface area contributed by atoms with Crippen LogP contribution in [0.25, 0.3) is 0 Å². The number of esters is 1. The second kappa shape index (κ2) is 11.7. The quantitative estimate of drug-likeness (QED) is 0.379. The van der Waals surface area contributed by atoms with Crippen molar-refractivity contribution in [2.75, 3.05) is 44.7 Å². The van der Waals surface area contributed by atoms with E-state index in [0.717, 1.165) is 6.07 Å². The largest absolute Gasteiger partial charge is 0.478 e. The molecule has 222 valence electrons. The zero-order valence-electron chi connectivity index (χ0n) is 25.4. The van der Waals surface area contributed by atoms with Crippen molar-refractivity contribution in [1.29, 1.82) is 0 Å². The van der Waals surface area contributed by atoms with E-state index >= 15 is 0 Å². The topological polar surface area (TPSA) is 128 Å². The molecule has 1 aromatic heterocycles. The number of amides is 2. The van der Waals surface area contributed by atoms with Gasteiger partial charge in [-0.15, -0.1) is 11.3 Å². The van der Waals surface area contributed by atoms with Gasteiger partial charge in [-0.3, -0.25) is 14.8 Å². The number of aromatic nitrogens is 1. The van der Waals surface area contributed by atoms with Gasteiger partial charge in [0.2, 0.25) is 0 Å². The highest BCUT2D eigenvalue weighted by molar-refractivity contribution is 7.11. The Morgan fingerprint density at radius 1 is 1.23 bits per heavy atom. The van der Waals surface area contributed by atoms with E-state index in [1.165, 1.54) is 35.6 Å². The number of nitrogens with one attached hydrogen (secondary N) is 1. The van der Waals surface area contributed by atoms with E-state index in [4.69, 9.17) is 20.5 Å². The predicted molar refractivity (Wildman–Crippen MR) is 158 cm³/mol. The molecule has 2 atom stereocenters. The molecule has 11 nitrogen and oxygen atoms in total. The number of rotatable bonds is 7. The van der Waals surface area contributed by atoms with Gasteiger partial charge in [0.05, 0.1) is 28.3 Å². The molecule has 2 N–H and O–H groups in total. The van der Waals surface area contributed by atoms with E-state index < -0.39 is 30.8 Å². The Kier molecular flexibility index (Phi) is 6.88. The first-order chi connectivity index (χ1) is 21.9. The minimum atomic E-state index is -3.05. The summed E-state index contributed by atoms with van der Waals surface area (Å²) in [6.07, 6.45) is 1.59. The van der Waals surface area contributed by atoms with E-state index in [0.29, 0.717) is 48.4 Å². The Morgan fingerprint density at radius 2 is 2.05 bits per heavy atom. The number of hydrogen-bond acceptors (Lipinski definition) is 9. The number of piperazine rings is 1. The monoisotopic (exact) mass is 627 g/mol. The Balaban J connectivity index is 1.32. The summed E-state index contributed by atoms with van der Waals surface area (Å²) in [5.41, 5.74) is 1.16. The molecule has 2 amide bonds. The lowest BCUT2D eigenvalue weighted by molar-refractivity contribution is -0.136. The molecule has 0 bridgehead atoms. The number of aromatic carboxylic acids is 1. The number of thiazole rings is 1. The van der Waals surface area contributed by atoms with E-state index in [1.807, 2.05) is 4.90 Å². The molecule has 2 saturated heterocycles. The second-order valence-electron chi connectivity index (χ2n) is 10.1. The Bertz CT molecular complexity index is 1750. The van der Waals surface area contributed by atoms with Gasteiger partial charge in [0.15, 0.2) is 10.8 Å². The predicted octanol–water partition coefficient (Wildman–Crippen LogP) is 3.78. The molecule has 3 aliphatic heterocycles. The molecule has 43 heavy (non-hydrogen) atoms. The molecule has 0 radical (unpaired) electrons.